The van der Waals surface area contributed by atoms with Crippen LogP contribution in [0.25, 0.3) is 0 Å². The number of anilines is 1. The SMILES string of the molecule is CN(C)c1ncccc1C(=O)NCC(c1ccc(Cl)cc1)N1CCOCC1. The highest BCUT2D eigenvalue weighted by atomic mass is 35.5. The van der Waals surface area contributed by atoms with Crippen molar-refractivity contribution < 1.29 is 9.53 Å². The summed E-state index contributed by atoms with van der Waals surface area (Å²) in [4.78, 5) is 21.3. The lowest BCUT2D eigenvalue weighted by Gasteiger charge is -2.35. The average molecular weight is 389 g/mol. The van der Waals surface area contributed by atoms with Crippen molar-refractivity contribution in [2.75, 3.05) is 51.8 Å². The fourth-order valence-corrected chi connectivity index (χ4v) is 3.37. The third kappa shape index (κ3) is 4.97. The molecule has 1 atom stereocenters. The molecule has 1 unspecified atom stereocenters. The monoisotopic (exact) mass is 388 g/mol. The Morgan fingerprint density at radius 1 is 1.26 bits per heavy atom. The summed E-state index contributed by atoms with van der Waals surface area (Å²) in [6.45, 7) is 3.57. The van der Waals surface area contributed by atoms with Crippen LogP contribution in [0.1, 0.15) is 22.0 Å². The molecule has 0 radical (unpaired) electrons. The molecule has 1 aromatic carbocycles. The third-order valence-corrected chi connectivity index (χ3v) is 4.90. The zero-order valence-electron chi connectivity index (χ0n) is 15.7. The molecule has 6 nitrogen and oxygen atoms in total. The minimum atomic E-state index is -0.126. The number of pyridine rings is 1. The van der Waals surface area contributed by atoms with Crippen molar-refractivity contribution in [2.45, 2.75) is 6.04 Å². The largest absolute Gasteiger partial charge is 0.379 e. The number of nitrogens with one attached hydrogen (secondary N) is 1. The molecule has 1 N–H and O–H groups in total. The van der Waals surface area contributed by atoms with Gasteiger partial charge in [-0.05, 0) is 29.8 Å². The van der Waals surface area contributed by atoms with Crippen LogP contribution < -0.4 is 10.2 Å². The van der Waals surface area contributed by atoms with Crippen molar-refractivity contribution in [3.63, 3.8) is 0 Å². The van der Waals surface area contributed by atoms with Crippen LogP contribution in [0.2, 0.25) is 5.02 Å². The second-order valence-corrected chi connectivity index (χ2v) is 7.13. The Morgan fingerprint density at radius 2 is 1.96 bits per heavy atom. The molecule has 2 aromatic rings. The summed E-state index contributed by atoms with van der Waals surface area (Å²) < 4.78 is 5.48. The molecule has 144 valence electrons. The van der Waals surface area contributed by atoms with E-state index in [1.165, 1.54) is 0 Å². The molecule has 1 aromatic heterocycles. The maximum atomic E-state index is 12.8. The van der Waals surface area contributed by atoms with Crippen molar-refractivity contribution >= 4 is 23.3 Å². The minimum Gasteiger partial charge on any atom is -0.379 e. The van der Waals surface area contributed by atoms with Crippen LogP contribution in [0.4, 0.5) is 5.82 Å². The lowest BCUT2D eigenvalue weighted by atomic mass is 10.0. The molecule has 3 rings (SSSR count). The van der Waals surface area contributed by atoms with Gasteiger partial charge in [0.05, 0.1) is 24.8 Å². The summed E-state index contributed by atoms with van der Waals surface area (Å²) in [5.74, 6) is 0.531. The molecular weight excluding hydrogens is 364 g/mol. The Bertz CT molecular complexity index is 761. The first kappa shape index (κ1) is 19.6. The fourth-order valence-electron chi connectivity index (χ4n) is 3.25. The van der Waals surface area contributed by atoms with Gasteiger partial charge in [-0.25, -0.2) is 4.98 Å². The van der Waals surface area contributed by atoms with Crippen LogP contribution >= 0.6 is 11.6 Å². The third-order valence-electron chi connectivity index (χ3n) is 4.65. The van der Waals surface area contributed by atoms with Gasteiger partial charge in [0.1, 0.15) is 5.82 Å². The van der Waals surface area contributed by atoms with Gasteiger partial charge in [0.15, 0.2) is 0 Å². The number of morpholine rings is 1. The molecule has 1 aliphatic rings. The minimum absolute atomic E-state index is 0.0644. The Labute approximate surface area is 165 Å². The van der Waals surface area contributed by atoms with Crippen molar-refractivity contribution in [3.05, 3.63) is 58.7 Å². The number of benzene rings is 1. The van der Waals surface area contributed by atoms with Gasteiger partial charge in [-0.15, -0.1) is 0 Å². The standard InChI is InChI=1S/C20H25ClN4O2/c1-24(2)19-17(4-3-9-22-19)20(26)23-14-18(25-10-12-27-13-11-25)15-5-7-16(21)8-6-15/h3-9,18H,10-14H2,1-2H3,(H,23,26). The smallest absolute Gasteiger partial charge is 0.255 e. The van der Waals surface area contributed by atoms with Crippen molar-refractivity contribution in [3.8, 4) is 0 Å². The first-order valence-corrected chi connectivity index (χ1v) is 9.42. The molecule has 7 heteroatoms. The first-order valence-electron chi connectivity index (χ1n) is 9.04. The number of halogens is 1. The normalized spacial score (nSPS) is 16.0. The summed E-state index contributed by atoms with van der Waals surface area (Å²) in [6, 6.07) is 11.4. The highest BCUT2D eigenvalue weighted by molar-refractivity contribution is 6.30. The van der Waals surface area contributed by atoms with E-state index in [0.717, 1.165) is 18.7 Å². The van der Waals surface area contributed by atoms with Gasteiger partial charge < -0.3 is 15.0 Å². The maximum Gasteiger partial charge on any atom is 0.255 e. The van der Waals surface area contributed by atoms with E-state index in [1.807, 2.05) is 43.3 Å². The highest BCUT2D eigenvalue weighted by Gasteiger charge is 2.24. The van der Waals surface area contributed by atoms with Gasteiger partial charge in [-0.1, -0.05) is 23.7 Å². The second kappa shape index (κ2) is 9.17. The van der Waals surface area contributed by atoms with E-state index in [0.29, 0.717) is 36.2 Å². The quantitative estimate of drug-likeness (QED) is 0.824. The van der Waals surface area contributed by atoms with E-state index in [4.69, 9.17) is 16.3 Å². The molecule has 1 saturated heterocycles. The Balaban J connectivity index is 1.76. The fraction of sp³-hybridized carbons (Fsp3) is 0.400. The van der Waals surface area contributed by atoms with E-state index in [2.05, 4.69) is 15.2 Å². The molecule has 0 bridgehead atoms. The Morgan fingerprint density at radius 3 is 2.63 bits per heavy atom. The maximum absolute atomic E-state index is 12.8. The number of aromatic nitrogens is 1. The van der Waals surface area contributed by atoms with Crippen molar-refractivity contribution in [1.82, 2.24) is 15.2 Å². The van der Waals surface area contributed by atoms with E-state index in [-0.39, 0.29) is 11.9 Å². The highest BCUT2D eigenvalue weighted by Crippen LogP contribution is 2.23. The van der Waals surface area contributed by atoms with Gasteiger partial charge in [0.25, 0.3) is 5.91 Å². The van der Waals surface area contributed by atoms with Crippen molar-refractivity contribution in [1.29, 1.82) is 0 Å². The number of rotatable bonds is 6. The lowest BCUT2D eigenvalue weighted by Crippen LogP contribution is -2.44. The van der Waals surface area contributed by atoms with Crippen LogP contribution in [-0.4, -0.2) is 62.7 Å². The second-order valence-electron chi connectivity index (χ2n) is 6.69. The Hall–Kier alpha value is -2.15. The summed E-state index contributed by atoms with van der Waals surface area (Å²) in [7, 11) is 3.76. The summed E-state index contributed by atoms with van der Waals surface area (Å²) in [5, 5.41) is 3.79. The molecule has 1 amide bonds. The number of hydrogen-bond donors (Lipinski definition) is 1. The molecule has 27 heavy (non-hydrogen) atoms. The number of carbonyl (C=O) groups excluding carboxylic acids is 1. The summed E-state index contributed by atoms with van der Waals surface area (Å²) in [6.07, 6.45) is 1.69. The van der Waals surface area contributed by atoms with Gasteiger partial charge in [-0.3, -0.25) is 9.69 Å². The van der Waals surface area contributed by atoms with E-state index in [1.54, 1.807) is 18.3 Å². The predicted molar refractivity (Wildman–Crippen MR) is 107 cm³/mol. The van der Waals surface area contributed by atoms with Crippen LogP contribution in [0.3, 0.4) is 0 Å². The number of hydrogen-bond acceptors (Lipinski definition) is 5. The zero-order chi connectivity index (χ0) is 19.2. The predicted octanol–water partition coefficient (Wildman–Crippen LogP) is 2.60. The van der Waals surface area contributed by atoms with Gasteiger partial charge >= 0.3 is 0 Å². The summed E-state index contributed by atoms with van der Waals surface area (Å²) >= 11 is 6.04. The van der Waals surface area contributed by atoms with Crippen LogP contribution in [-0.2, 0) is 4.74 Å². The van der Waals surface area contributed by atoms with Gasteiger partial charge in [0.2, 0.25) is 0 Å². The first-order chi connectivity index (χ1) is 13.1. The average Bonchev–Trinajstić information content (AvgIpc) is 2.70. The molecule has 0 saturated carbocycles. The zero-order valence-corrected chi connectivity index (χ0v) is 16.4. The molecule has 0 spiro atoms. The van der Waals surface area contributed by atoms with Gasteiger partial charge in [-0.2, -0.15) is 0 Å². The van der Waals surface area contributed by atoms with Crippen LogP contribution in [0, 0.1) is 0 Å². The molecule has 0 aliphatic carbocycles. The number of nitrogens with zero attached hydrogens (tertiary/aromatic N) is 3. The van der Waals surface area contributed by atoms with Crippen LogP contribution in [0.5, 0.6) is 0 Å². The van der Waals surface area contributed by atoms with Gasteiger partial charge in [0, 0.05) is 44.9 Å². The van der Waals surface area contributed by atoms with Crippen LogP contribution in [0.15, 0.2) is 42.6 Å². The Kier molecular flexibility index (Phi) is 6.66. The van der Waals surface area contributed by atoms with E-state index < -0.39 is 0 Å². The number of ether oxygens (including phenoxy) is 1. The molecule has 1 aliphatic heterocycles. The lowest BCUT2D eigenvalue weighted by molar-refractivity contribution is 0.0162. The van der Waals surface area contributed by atoms with E-state index >= 15 is 0 Å². The van der Waals surface area contributed by atoms with Crippen molar-refractivity contribution in [2.24, 2.45) is 0 Å². The van der Waals surface area contributed by atoms with E-state index in [9.17, 15) is 4.79 Å². The molecular formula is C20H25ClN4O2. The summed E-state index contributed by atoms with van der Waals surface area (Å²) in [5.41, 5.74) is 1.69. The topological polar surface area (TPSA) is 57.7 Å². The number of amides is 1. The number of carbonyl (C=O) groups is 1. The molecule has 1 fully saturated rings. The molecule has 2 heterocycles.